The summed E-state index contributed by atoms with van der Waals surface area (Å²) in [5, 5.41) is 0. The minimum Gasteiger partial charge on any atom is -0.335 e. The van der Waals surface area contributed by atoms with Crippen LogP contribution in [0.4, 0.5) is 0 Å². The molecule has 7 radical (unpaired) electrons. The fourth-order valence-electron chi connectivity index (χ4n) is 3.99. The van der Waals surface area contributed by atoms with Crippen molar-refractivity contribution in [2.24, 2.45) is 21.7 Å². The van der Waals surface area contributed by atoms with Gasteiger partial charge in [0, 0.05) is 229 Å². The first kappa shape index (κ1) is 66.8. The molecule has 0 bridgehead atoms. The molecule has 0 saturated heterocycles. The number of rotatable bonds is 3. The topological polar surface area (TPSA) is 0 Å². The zero-order valence-electron chi connectivity index (χ0n) is 24.2. The van der Waals surface area contributed by atoms with Crippen molar-refractivity contribution in [2.75, 3.05) is 0 Å². The van der Waals surface area contributed by atoms with Crippen LogP contribution in [0, 0.1) is 34.0 Å². The predicted molar refractivity (Wildman–Crippen MR) is 116 cm³/mol. The SMILES string of the molecule is CC(C)(C)CC(C)(C)CC(C)(C)C.C[C-](C)CC(C)(C)C.C[CH-]C.[Y].[Y].[Y].[Y].[Y].[Y].[Y]. The van der Waals surface area contributed by atoms with Crippen LogP contribution in [0.25, 0.3) is 0 Å². The second-order valence-corrected chi connectivity index (χ2v) is 12.2. The summed E-state index contributed by atoms with van der Waals surface area (Å²) in [6.45, 7) is 33.9. The summed E-state index contributed by atoms with van der Waals surface area (Å²) >= 11 is 0. The zero-order valence-corrected chi connectivity index (χ0v) is 44.1. The monoisotopic (exact) mass is 963 g/mol. The van der Waals surface area contributed by atoms with Gasteiger partial charge in [-0.2, -0.15) is 34.1 Å². The molecule has 0 nitrogen and oxygen atoms in total. The summed E-state index contributed by atoms with van der Waals surface area (Å²) in [4.78, 5) is 0. The Morgan fingerprint density at radius 2 is 0.677 bits per heavy atom. The summed E-state index contributed by atoms with van der Waals surface area (Å²) in [5.74, 6) is 1.53. The maximum absolute atomic E-state index is 2.39. The van der Waals surface area contributed by atoms with Crippen LogP contribution in [0.3, 0.4) is 0 Å². The van der Waals surface area contributed by atoms with Gasteiger partial charge < -0.3 is 12.3 Å². The smallest absolute Gasteiger partial charge is 0 e. The van der Waals surface area contributed by atoms with Gasteiger partial charge in [0.1, 0.15) is 0 Å². The molecule has 0 heterocycles. The van der Waals surface area contributed by atoms with Crippen molar-refractivity contribution in [3.05, 3.63) is 12.3 Å². The summed E-state index contributed by atoms with van der Waals surface area (Å²) < 4.78 is 0. The minimum atomic E-state index is 0. The number of hydrogen-bond acceptors (Lipinski definition) is 0. The first-order chi connectivity index (χ1) is 10.2. The van der Waals surface area contributed by atoms with Crippen LogP contribution >= 0.6 is 0 Å². The first-order valence-electron chi connectivity index (χ1n) is 9.78. The Bertz CT molecular complexity index is 279. The van der Waals surface area contributed by atoms with E-state index in [9.17, 15) is 0 Å². The van der Waals surface area contributed by atoms with Gasteiger partial charge in [-0.3, -0.25) is 0 Å². The fourth-order valence-corrected chi connectivity index (χ4v) is 3.99. The van der Waals surface area contributed by atoms with Crippen LogP contribution in [0.2, 0.25) is 0 Å². The molecule has 0 saturated carbocycles. The van der Waals surface area contributed by atoms with Crippen LogP contribution in [0.1, 0.15) is 123 Å². The fraction of sp³-hybridized carbons (Fsp3) is 0.917. The molecule has 31 heavy (non-hydrogen) atoms. The maximum Gasteiger partial charge on any atom is 0 e. The minimum absolute atomic E-state index is 0. The second-order valence-electron chi connectivity index (χ2n) is 12.2. The molecular weight excluding hydrogens is 911 g/mol. The van der Waals surface area contributed by atoms with Crippen LogP contribution < -0.4 is 0 Å². The van der Waals surface area contributed by atoms with Gasteiger partial charge in [-0.05, 0) is 29.1 Å². The summed E-state index contributed by atoms with van der Waals surface area (Å²) in [7, 11) is 0. The molecule has 171 valence electrons. The van der Waals surface area contributed by atoms with Gasteiger partial charge >= 0.3 is 0 Å². The van der Waals surface area contributed by atoms with Crippen LogP contribution in [0.15, 0.2) is 0 Å². The molecule has 0 aromatic rings. The van der Waals surface area contributed by atoms with Crippen molar-refractivity contribution in [2.45, 2.75) is 123 Å². The van der Waals surface area contributed by atoms with Crippen molar-refractivity contribution < 1.29 is 229 Å². The van der Waals surface area contributed by atoms with Gasteiger partial charge in [0.05, 0.1) is 0 Å². The van der Waals surface area contributed by atoms with E-state index in [4.69, 9.17) is 0 Å². The maximum atomic E-state index is 2.39. The molecular formula is C24H52Y7-2. The third-order valence-electron chi connectivity index (χ3n) is 2.90. The van der Waals surface area contributed by atoms with Gasteiger partial charge in [0.2, 0.25) is 0 Å². The molecule has 0 unspecified atom stereocenters. The standard InChI is InChI=1S/C13H28.C8H17.C3H7.7Y/c1-11(2,3)9-13(7,8)10-12(4,5)6;1-7(2)6-8(3,4)5;1-3-2;;;;;;;/h9-10H2,1-8H3;6H2,1-5H3;3H,1-2H3;;;;;;;/q;2*-1;;;;;;;. The Hall–Kier alpha value is 7.73. The Kier molecular flexibility index (Phi) is 73.1. The molecule has 0 aromatic heterocycles. The molecule has 0 aliphatic carbocycles. The van der Waals surface area contributed by atoms with Crippen LogP contribution in [-0.4, -0.2) is 0 Å². The van der Waals surface area contributed by atoms with Crippen molar-refractivity contribution in [3.8, 4) is 0 Å². The van der Waals surface area contributed by atoms with E-state index in [0.29, 0.717) is 21.7 Å². The third kappa shape index (κ3) is 78.8. The van der Waals surface area contributed by atoms with Gasteiger partial charge in [-0.15, -0.1) is 0 Å². The normalized spacial score (nSPS) is 10.1. The molecule has 7 heteroatoms. The van der Waals surface area contributed by atoms with E-state index in [0.717, 1.165) is 0 Å². The Balaban J connectivity index is -0.0000000274. The van der Waals surface area contributed by atoms with Gasteiger partial charge in [0.15, 0.2) is 0 Å². The van der Waals surface area contributed by atoms with Gasteiger partial charge in [-0.25, -0.2) is 0 Å². The molecule has 0 aromatic carbocycles. The van der Waals surface area contributed by atoms with Crippen molar-refractivity contribution in [1.82, 2.24) is 0 Å². The van der Waals surface area contributed by atoms with E-state index in [1.165, 1.54) is 25.2 Å². The van der Waals surface area contributed by atoms with E-state index in [-0.39, 0.29) is 229 Å². The second kappa shape index (κ2) is 33.9. The Labute approximate surface area is 377 Å². The van der Waals surface area contributed by atoms with E-state index in [1.54, 1.807) is 0 Å². The molecule has 0 N–H and O–H groups in total. The van der Waals surface area contributed by atoms with Crippen molar-refractivity contribution in [3.63, 3.8) is 0 Å². The average molecular weight is 963 g/mol. The van der Waals surface area contributed by atoms with E-state index >= 15 is 0 Å². The largest absolute Gasteiger partial charge is 0.335 e. The molecule has 0 aliphatic heterocycles. The molecule has 0 amide bonds. The molecule has 0 rings (SSSR count). The van der Waals surface area contributed by atoms with Crippen molar-refractivity contribution >= 4 is 0 Å². The van der Waals surface area contributed by atoms with Crippen LogP contribution in [0.5, 0.6) is 0 Å². The van der Waals surface area contributed by atoms with E-state index in [2.05, 4.69) is 90.0 Å². The van der Waals surface area contributed by atoms with Gasteiger partial charge in [0.25, 0.3) is 0 Å². The summed E-state index contributed by atoms with van der Waals surface area (Å²) in [5.41, 5.74) is 1.86. The van der Waals surface area contributed by atoms with Crippen molar-refractivity contribution in [1.29, 1.82) is 0 Å². The average Bonchev–Trinajstić information content (AvgIpc) is 2.04. The quantitative estimate of drug-likeness (QED) is 0.248. The van der Waals surface area contributed by atoms with Crippen LogP contribution in [-0.2, 0) is 229 Å². The third-order valence-corrected chi connectivity index (χ3v) is 2.90. The molecule has 0 aliphatic rings. The summed E-state index contributed by atoms with van der Waals surface area (Å²) in [6, 6.07) is 0. The number of hydrogen-bond donors (Lipinski definition) is 0. The first-order valence-corrected chi connectivity index (χ1v) is 9.78. The Morgan fingerprint density at radius 3 is 0.742 bits per heavy atom. The zero-order chi connectivity index (χ0) is 20.4. The Morgan fingerprint density at radius 1 is 0.484 bits per heavy atom. The van der Waals surface area contributed by atoms with E-state index in [1.807, 2.05) is 20.3 Å². The summed E-state index contributed by atoms with van der Waals surface area (Å²) in [6.07, 6.45) is 5.85. The molecule has 0 spiro atoms. The predicted octanol–water partition coefficient (Wildman–Crippen LogP) is 9.13. The van der Waals surface area contributed by atoms with E-state index < -0.39 is 0 Å². The van der Waals surface area contributed by atoms with Gasteiger partial charge in [-0.1, -0.05) is 81.6 Å². The molecule has 0 atom stereocenters. The molecule has 0 fully saturated rings.